The highest BCUT2D eigenvalue weighted by Crippen LogP contribution is 2.35. The lowest BCUT2D eigenvalue weighted by Crippen LogP contribution is -2.18. The zero-order valence-electron chi connectivity index (χ0n) is 18.3. The summed E-state index contributed by atoms with van der Waals surface area (Å²) in [5, 5.41) is 8.10. The lowest BCUT2D eigenvalue weighted by Gasteiger charge is -2.14. The van der Waals surface area contributed by atoms with Crippen molar-refractivity contribution >= 4 is 28.9 Å². The monoisotopic (exact) mass is 485 g/mol. The van der Waals surface area contributed by atoms with Crippen LogP contribution >= 0.6 is 0 Å². The first-order valence-electron chi connectivity index (χ1n) is 10.3. The largest absolute Gasteiger partial charge is 0.451 e. The molecule has 0 aliphatic carbocycles. The van der Waals surface area contributed by atoms with Gasteiger partial charge >= 0.3 is 6.18 Å². The van der Waals surface area contributed by atoms with E-state index in [1.807, 2.05) is 6.92 Å². The average Bonchev–Trinajstić information content (AvgIpc) is 3.23. The summed E-state index contributed by atoms with van der Waals surface area (Å²) in [6.45, 7) is 1.87. The van der Waals surface area contributed by atoms with E-state index in [1.165, 1.54) is 29.2 Å². The Morgan fingerprint density at radius 2 is 1.89 bits per heavy atom. The molecule has 180 valence electrons. The second kappa shape index (κ2) is 9.44. The van der Waals surface area contributed by atoms with Gasteiger partial charge in [0.05, 0.1) is 23.3 Å². The summed E-state index contributed by atoms with van der Waals surface area (Å²) in [4.78, 5) is 15.0. The Morgan fingerprint density at radius 1 is 1.17 bits per heavy atom. The van der Waals surface area contributed by atoms with Crippen molar-refractivity contribution in [3.05, 3.63) is 66.4 Å². The highest BCUT2D eigenvalue weighted by Gasteiger charge is 2.34. The molecule has 3 aromatic heterocycles. The number of nitrogen functional groups attached to an aromatic ring is 1. The van der Waals surface area contributed by atoms with Crippen LogP contribution in [0.25, 0.3) is 16.6 Å². The summed E-state index contributed by atoms with van der Waals surface area (Å²) in [7, 11) is 0. The second-order valence-electron chi connectivity index (χ2n) is 7.41. The number of nitrogens with two attached hydrogens (primary N) is 2. The van der Waals surface area contributed by atoms with Gasteiger partial charge in [0.25, 0.3) is 0 Å². The van der Waals surface area contributed by atoms with E-state index in [0.29, 0.717) is 28.9 Å². The first kappa shape index (κ1) is 23.7. The van der Waals surface area contributed by atoms with E-state index in [0.717, 1.165) is 12.4 Å². The molecule has 4 N–H and O–H groups in total. The fraction of sp³-hybridized carbons (Fsp3) is 0.182. The number of halogens is 4. The maximum atomic E-state index is 14.0. The van der Waals surface area contributed by atoms with Crippen molar-refractivity contribution in [2.24, 2.45) is 15.9 Å². The Balaban J connectivity index is 1.81. The number of hydrogen-bond acceptors (Lipinski definition) is 8. The number of aliphatic imine (C=N–C) groups is 1. The molecule has 0 aliphatic rings. The molecule has 0 spiro atoms. The van der Waals surface area contributed by atoms with Crippen molar-refractivity contribution in [1.29, 1.82) is 0 Å². The summed E-state index contributed by atoms with van der Waals surface area (Å²) in [6, 6.07) is 7.66. The molecule has 0 saturated heterocycles. The predicted molar refractivity (Wildman–Crippen MR) is 123 cm³/mol. The van der Waals surface area contributed by atoms with E-state index in [2.05, 4.69) is 30.1 Å². The number of hydrogen-bond donors (Lipinski definition) is 2. The van der Waals surface area contributed by atoms with Crippen LogP contribution in [0.5, 0.6) is 0 Å². The molecule has 4 rings (SSSR count). The van der Waals surface area contributed by atoms with E-state index in [-0.39, 0.29) is 17.1 Å². The van der Waals surface area contributed by atoms with Gasteiger partial charge in [-0.2, -0.15) is 23.4 Å². The van der Waals surface area contributed by atoms with Gasteiger partial charge in [0.15, 0.2) is 5.82 Å². The summed E-state index contributed by atoms with van der Waals surface area (Å²) in [6.07, 6.45) is 0.528. The molecule has 0 radical (unpaired) electrons. The van der Waals surface area contributed by atoms with E-state index in [1.54, 1.807) is 18.2 Å². The second-order valence-corrected chi connectivity index (χ2v) is 7.41. The summed E-state index contributed by atoms with van der Waals surface area (Å²) < 4.78 is 54.2. The normalized spacial score (nSPS) is 13.6. The zero-order chi connectivity index (χ0) is 25.2. The minimum atomic E-state index is -4.67. The summed E-state index contributed by atoms with van der Waals surface area (Å²) in [5.74, 6) is 3.51. The fourth-order valence-corrected chi connectivity index (χ4v) is 3.65. The first-order valence-corrected chi connectivity index (χ1v) is 10.3. The molecule has 13 heteroatoms. The molecule has 3 heterocycles. The molecular formula is C22H19F4N9. The third kappa shape index (κ3) is 4.65. The average molecular weight is 485 g/mol. The Kier molecular flexibility index (Phi) is 6.40. The van der Waals surface area contributed by atoms with E-state index < -0.39 is 23.7 Å². The number of nitrogens with zero attached hydrogens (tertiary/aromatic N) is 7. The van der Waals surface area contributed by atoms with Crippen LogP contribution in [0.4, 0.5) is 29.1 Å². The van der Waals surface area contributed by atoms with Gasteiger partial charge in [0, 0.05) is 29.4 Å². The van der Waals surface area contributed by atoms with Gasteiger partial charge < -0.3 is 11.6 Å². The van der Waals surface area contributed by atoms with Crippen molar-refractivity contribution in [2.45, 2.75) is 25.4 Å². The van der Waals surface area contributed by atoms with Crippen LogP contribution in [0.1, 0.15) is 30.8 Å². The third-order valence-electron chi connectivity index (χ3n) is 5.29. The van der Waals surface area contributed by atoms with Gasteiger partial charge in [-0.25, -0.2) is 23.9 Å². The van der Waals surface area contributed by atoms with Crippen molar-refractivity contribution in [3.8, 4) is 11.1 Å². The van der Waals surface area contributed by atoms with E-state index in [4.69, 9.17) is 11.6 Å². The summed E-state index contributed by atoms with van der Waals surface area (Å²) >= 11 is 0. The lowest BCUT2D eigenvalue weighted by molar-refractivity contribution is -0.144. The Labute approximate surface area is 196 Å². The smallest absolute Gasteiger partial charge is 0.382 e. The molecule has 0 amide bonds. The van der Waals surface area contributed by atoms with Crippen LogP contribution in [0.3, 0.4) is 0 Å². The fourth-order valence-electron chi connectivity index (χ4n) is 3.65. The van der Waals surface area contributed by atoms with Crippen molar-refractivity contribution < 1.29 is 17.6 Å². The number of hydrazone groups is 1. The van der Waals surface area contributed by atoms with Crippen LogP contribution in [0, 0.1) is 5.82 Å². The van der Waals surface area contributed by atoms with Crippen LogP contribution in [0.2, 0.25) is 0 Å². The quantitative estimate of drug-likeness (QED) is 0.183. The maximum Gasteiger partial charge on any atom is 0.451 e. The van der Waals surface area contributed by atoms with Crippen LogP contribution in [-0.4, -0.2) is 36.5 Å². The van der Waals surface area contributed by atoms with Crippen LogP contribution in [0.15, 0.2) is 59.1 Å². The van der Waals surface area contributed by atoms with E-state index >= 15 is 0 Å². The number of aromatic nitrogens is 5. The van der Waals surface area contributed by atoms with Gasteiger partial charge in [-0.05, 0) is 24.6 Å². The standard InChI is InChI=1S/C22H19F4N9/c1-2-13(17(34-28)10-29-16-6-4-3-5-15(16)23)18-7-14(19-20(27)32-11-33-35(18)19)12-8-30-21(31-9-12)22(24,25)26/h3-11,13H,2,28H2,1H3,(H2,27,32,33). The zero-order valence-corrected chi connectivity index (χ0v) is 18.3. The number of benzene rings is 1. The van der Waals surface area contributed by atoms with Gasteiger partial charge in [0.1, 0.15) is 17.7 Å². The number of anilines is 1. The summed E-state index contributed by atoms with van der Waals surface area (Å²) in [5.41, 5.74) is 8.15. The molecule has 0 bridgehead atoms. The highest BCUT2D eigenvalue weighted by molar-refractivity contribution is 6.33. The van der Waals surface area contributed by atoms with Crippen LogP contribution < -0.4 is 11.6 Å². The van der Waals surface area contributed by atoms with Gasteiger partial charge in [-0.1, -0.05) is 19.1 Å². The SMILES string of the molecule is CCC(C(C=Nc1ccccc1F)=NN)c1cc(-c2cnc(C(F)(F)F)nc2)c2c(N)ncnn12. The lowest BCUT2D eigenvalue weighted by atomic mass is 9.96. The maximum absolute atomic E-state index is 14.0. The number of fused-ring (bicyclic) bond motifs is 1. The molecule has 9 nitrogen and oxygen atoms in total. The minimum Gasteiger partial charge on any atom is -0.382 e. The van der Waals surface area contributed by atoms with Crippen molar-refractivity contribution in [1.82, 2.24) is 24.6 Å². The topological polar surface area (TPSA) is 133 Å². The molecule has 4 aromatic rings. The molecule has 1 unspecified atom stereocenters. The van der Waals surface area contributed by atoms with Crippen molar-refractivity contribution in [3.63, 3.8) is 0 Å². The number of rotatable bonds is 6. The van der Waals surface area contributed by atoms with E-state index in [9.17, 15) is 17.6 Å². The molecule has 1 aromatic carbocycles. The number of para-hydroxylation sites is 1. The Morgan fingerprint density at radius 3 is 2.51 bits per heavy atom. The molecule has 35 heavy (non-hydrogen) atoms. The molecular weight excluding hydrogens is 466 g/mol. The van der Waals surface area contributed by atoms with Gasteiger partial charge in [-0.3, -0.25) is 4.99 Å². The Hall–Kier alpha value is -4.42. The molecule has 0 fully saturated rings. The Bertz CT molecular complexity index is 1410. The van der Waals surface area contributed by atoms with Crippen LogP contribution in [-0.2, 0) is 6.18 Å². The molecule has 1 atom stereocenters. The van der Waals surface area contributed by atoms with Crippen molar-refractivity contribution in [2.75, 3.05) is 5.73 Å². The predicted octanol–water partition coefficient (Wildman–Crippen LogP) is 4.14. The first-order chi connectivity index (χ1) is 16.7. The molecule has 0 saturated carbocycles. The minimum absolute atomic E-state index is 0.0993. The van der Waals surface area contributed by atoms with Gasteiger partial charge in [0.2, 0.25) is 5.82 Å². The molecule has 0 aliphatic heterocycles. The third-order valence-corrected chi connectivity index (χ3v) is 5.29. The number of alkyl halides is 3. The van der Waals surface area contributed by atoms with Gasteiger partial charge in [-0.15, -0.1) is 0 Å². The highest BCUT2D eigenvalue weighted by atomic mass is 19.4.